The second-order valence-electron chi connectivity index (χ2n) is 8.12. The first kappa shape index (κ1) is 27.0. The van der Waals surface area contributed by atoms with E-state index in [1.807, 2.05) is 0 Å². The first-order valence-electron chi connectivity index (χ1n) is 10.3. The number of nitrogens with zero attached hydrogens (tertiary/aromatic N) is 2. The zero-order chi connectivity index (χ0) is 21.4. The summed E-state index contributed by atoms with van der Waals surface area (Å²) in [5.74, 6) is 2.15. The second-order valence-corrected chi connectivity index (χ2v) is 10.1. The van der Waals surface area contributed by atoms with Crippen molar-refractivity contribution in [3.63, 3.8) is 0 Å². The third kappa shape index (κ3) is 8.58. The molecule has 0 aliphatic carbocycles. The van der Waals surface area contributed by atoms with E-state index in [0.717, 1.165) is 36.1 Å². The molecule has 2 N–H and O–H groups in total. The van der Waals surface area contributed by atoms with E-state index >= 15 is 0 Å². The van der Waals surface area contributed by atoms with Crippen molar-refractivity contribution in [2.45, 2.75) is 52.6 Å². The smallest absolute Gasteiger partial charge is 0.211 e. The molecule has 1 saturated heterocycles. The van der Waals surface area contributed by atoms with Crippen LogP contribution in [0.4, 0.5) is 0 Å². The van der Waals surface area contributed by atoms with Crippen LogP contribution in [0.25, 0.3) is 0 Å². The molecule has 1 aromatic carbocycles. The Morgan fingerprint density at radius 3 is 2.70 bits per heavy atom. The van der Waals surface area contributed by atoms with Gasteiger partial charge in [0.1, 0.15) is 5.75 Å². The summed E-state index contributed by atoms with van der Waals surface area (Å²) in [6, 6.07) is 6.18. The van der Waals surface area contributed by atoms with Gasteiger partial charge in [0.2, 0.25) is 10.0 Å². The van der Waals surface area contributed by atoms with Gasteiger partial charge >= 0.3 is 0 Å². The van der Waals surface area contributed by atoms with E-state index in [4.69, 9.17) is 4.74 Å². The molecule has 0 aromatic heterocycles. The molecule has 0 unspecified atom stereocenters. The third-order valence-corrected chi connectivity index (χ3v) is 6.43. The van der Waals surface area contributed by atoms with Crippen molar-refractivity contribution in [3.8, 4) is 5.75 Å². The second kappa shape index (κ2) is 12.7. The van der Waals surface area contributed by atoms with E-state index in [2.05, 4.69) is 54.6 Å². The van der Waals surface area contributed by atoms with Gasteiger partial charge in [-0.25, -0.2) is 8.42 Å². The normalized spacial score (nSPS) is 17.7. The summed E-state index contributed by atoms with van der Waals surface area (Å²) in [4.78, 5) is 4.27. The molecule has 1 fully saturated rings. The highest BCUT2D eigenvalue weighted by atomic mass is 127. The minimum Gasteiger partial charge on any atom is -0.493 e. The number of rotatable bonds is 9. The maximum atomic E-state index is 11.9. The Labute approximate surface area is 199 Å². The SMILES string of the molecule is CN=C(NCc1ccc(C)cc1OCCC(C)C)NC[C@H]1CCCN1S(C)(=O)=O.I. The Hall–Kier alpha value is -1.07. The van der Waals surface area contributed by atoms with E-state index in [-0.39, 0.29) is 30.0 Å². The molecule has 0 saturated carbocycles. The molecule has 172 valence electrons. The summed E-state index contributed by atoms with van der Waals surface area (Å²) in [6.07, 6.45) is 4.05. The Kier molecular flexibility index (Phi) is 11.4. The van der Waals surface area contributed by atoms with Crippen LogP contribution in [0.5, 0.6) is 5.75 Å². The quantitative estimate of drug-likeness (QED) is 0.280. The van der Waals surface area contributed by atoms with E-state index < -0.39 is 10.0 Å². The predicted octanol–water partition coefficient (Wildman–Crippen LogP) is 3.13. The van der Waals surface area contributed by atoms with Gasteiger partial charge in [-0.1, -0.05) is 26.0 Å². The molecule has 0 bridgehead atoms. The highest BCUT2D eigenvalue weighted by molar-refractivity contribution is 14.0. The van der Waals surface area contributed by atoms with E-state index in [9.17, 15) is 8.42 Å². The molecule has 1 aromatic rings. The number of nitrogens with one attached hydrogen (secondary N) is 2. The lowest BCUT2D eigenvalue weighted by atomic mass is 10.1. The van der Waals surface area contributed by atoms with Crippen LogP contribution in [-0.4, -0.2) is 57.7 Å². The molecule has 0 radical (unpaired) electrons. The summed E-state index contributed by atoms with van der Waals surface area (Å²) in [7, 11) is -1.45. The number of halogens is 1. The van der Waals surface area contributed by atoms with Gasteiger partial charge in [-0.05, 0) is 43.7 Å². The fourth-order valence-electron chi connectivity index (χ4n) is 3.41. The Balaban J connectivity index is 0.00000450. The average Bonchev–Trinajstić information content (AvgIpc) is 3.12. The van der Waals surface area contributed by atoms with Crippen molar-refractivity contribution in [2.24, 2.45) is 10.9 Å². The monoisotopic (exact) mass is 552 g/mol. The molecule has 7 nitrogen and oxygen atoms in total. The van der Waals surface area contributed by atoms with Gasteiger partial charge in [0.05, 0.1) is 12.9 Å². The fourth-order valence-corrected chi connectivity index (χ4v) is 4.59. The first-order valence-corrected chi connectivity index (χ1v) is 12.2. The van der Waals surface area contributed by atoms with Crippen LogP contribution in [-0.2, 0) is 16.6 Å². The zero-order valence-electron chi connectivity index (χ0n) is 18.8. The number of hydrogen-bond acceptors (Lipinski definition) is 4. The lowest BCUT2D eigenvalue weighted by Gasteiger charge is -2.23. The Bertz CT molecular complexity index is 799. The number of ether oxygens (including phenoxy) is 1. The van der Waals surface area contributed by atoms with Gasteiger partial charge in [-0.2, -0.15) is 4.31 Å². The molecular formula is C21H37IN4O3S. The van der Waals surface area contributed by atoms with Crippen LogP contribution >= 0.6 is 24.0 Å². The molecule has 0 spiro atoms. The van der Waals surface area contributed by atoms with Crippen molar-refractivity contribution >= 4 is 40.0 Å². The van der Waals surface area contributed by atoms with Gasteiger partial charge in [0.15, 0.2) is 5.96 Å². The molecule has 1 aliphatic heterocycles. The highest BCUT2D eigenvalue weighted by Gasteiger charge is 2.31. The number of aliphatic imine (C=N–C) groups is 1. The number of benzene rings is 1. The lowest BCUT2D eigenvalue weighted by molar-refractivity contribution is 0.286. The maximum Gasteiger partial charge on any atom is 0.211 e. The summed E-state index contributed by atoms with van der Waals surface area (Å²) in [5, 5.41) is 6.58. The average molecular weight is 553 g/mol. The van der Waals surface area contributed by atoms with Gasteiger partial charge in [-0.3, -0.25) is 4.99 Å². The van der Waals surface area contributed by atoms with Crippen molar-refractivity contribution in [1.29, 1.82) is 0 Å². The fraction of sp³-hybridized carbons (Fsp3) is 0.667. The number of aryl methyl sites for hydroxylation is 1. The lowest BCUT2D eigenvalue weighted by Crippen LogP contribution is -2.46. The topological polar surface area (TPSA) is 83.0 Å². The summed E-state index contributed by atoms with van der Waals surface area (Å²) < 4.78 is 31.4. The molecular weight excluding hydrogens is 515 g/mol. The highest BCUT2D eigenvalue weighted by Crippen LogP contribution is 2.21. The van der Waals surface area contributed by atoms with Crippen molar-refractivity contribution < 1.29 is 13.2 Å². The number of hydrogen-bond donors (Lipinski definition) is 2. The van der Waals surface area contributed by atoms with Gasteiger partial charge in [-0.15, -0.1) is 24.0 Å². The van der Waals surface area contributed by atoms with Gasteiger partial charge in [0.25, 0.3) is 0 Å². The van der Waals surface area contributed by atoms with Gasteiger partial charge < -0.3 is 15.4 Å². The van der Waals surface area contributed by atoms with Crippen LogP contribution in [0.2, 0.25) is 0 Å². The van der Waals surface area contributed by atoms with Crippen LogP contribution in [0, 0.1) is 12.8 Å². The van der Waals surface area contributed by atoms with Crippen molar-refractivity contribution in [3.05, 3.63) is 29.3 Å². The van der Waals surface area contributed by atoms with E-state index in [1.54, 1.807) is 11.4 Å². The first-order chi connectivity index (χ1) is 13.7. The summed E-state index contributed by atoms with van der Waals surface area (Å²) >= 11 is 0. The molecule has 1 heterocycles. The van der Waals surface area contributed by atoms with Crippen LogP contribution in [0.3, 0.4) is 0 Å². The zero-order valence-corrected chi connectivity index (χ0v) is 21.9. The minimum atomic E-state index is -3.17. The standard InChI is InChI=1S/C21H36N4O3S.HI/c1-16(2)10-12-28-20-13-17(3)8-9-18(20)14-23-21(22-4)24-15-19-7-6-11-25(19)29(5,26)27;/h8-9,13,16,19H,6-7,10-12,14-15H2,1-5H3,(H2,22,23,24);1H/t19-;/m1./s1. The summed E-state index contributed by atoms with van der Waals surface area (Å²) in [5.41, 5.74) is 2.24. The third-order valence-electron chi connectivity index (χ3n) is 5.10. The largest absolute Gasteiger partial charge is 0.493 e. The molecule has 1 aliphatic rings. The summed E-state index contributed by atoms with van der Waals surface area (Å²) in [6.45, 7) is 8.85. The van der Waals surface area contributed by atoms with Crippen molar-refractivity contribution in [1.82, 2.24) is 14.9 Å². The van der Waals surface area contributed by atoms with E-state index in [1.165, 1.54) is 6.26 Å². The van der Waals surface area contributed by atoms with Crippen LogP contribution in [0.15, 0.2) is 23.2 Å². The number of sulfonamides is 1. The molecule has 2 rings (SSSR count). The van der Waals surface area contributed by atoms with Crippen LogP contribution < -0.4 is 15.4 Å². The van der Waals surface area contributed by atoms with Crippen molar-refractivity contribution in [2.75, 3.05) is 33.0 Å². The van der Waals surface area contributed by atoms with Crippen LogP contribution in [0.1, 0.15) is 44.2 Å². The molecule has 0 amide bonds. The Morgan fingerprint density at radius 2 is 2.07 bits per heavy atom. The predicted molar refractivity (Wildman–Crippen MR) is 134 cm³/mol. The maximum absolute atomic E-state index is 11.9. The molecule has 1 atom stereocenters. The van der Waals surface area contributed by atoms with E-state index in [0.29, 0.717) is 38.1 Å². The molecule has 30 heavy (non-hydrogen) atoms. The van der Waals surface area contributed by atoms with Gasteiger partial charge in [0, 0.05) is 38.3 Å². The number of guanidine groups is 1. The molecule has 9 heteroatoms. The Morgan fingerprint density at radius 1 is 1.33 bits per heavy atom. The minimum absolute atomic E-state index is 0.